The third-order valence-electron chi connectivity index (χ3n) is 6.12. The van der Waals surface area contributed by atoms with Gasteiger partial charge in [0, 0.05) is 24.2 Å². The van der Waals surface area contributed by atoms with Crippen LogP contribution >= 0.6 is 0 Å². The molecule has 0 saturated carbocycles. The van der Waals surface area contributed by atoms with E-state index in [1.807, 2.05) is 6.92 Å². The molecule has 3 heterocycles. The number of fused-ring (bicyclic) bond motifs is 2. The minimum Gasteiger partial charge on any atom is -0.482 e. The van der Waals surface area contributed by atoms with E-state index in [4.69, 9.17) is 9.26 Å². The Morgan fingerprint density at radius 3 is 2.40 bits per heavy atom. The van der Waals surface area contributed by atoms with Crippen molar-refractivity contribution in [1.82, 2.24) is 10.1 Å². The van der Waals surface area contributed by atoms with Crippen molar-refractivity contribution in [1.29, 1.82) is 0 Å². The number of anilines is 2. The third-order valence-corrected chi connectivity index (χ3v) is 6.12. The monoisotopic (exact) mass is 474 g/mol. The minimum absolute atomic E-state index is 0.0388. The van der Waals surface area contributed by atoms with Crippen molar-refractivity contribution in [2.45, 2.75) is 26.8 Å². The van der Waals surface area contributed by atoms with Crippen LogP contribution in [-0.2, 0) is 16.1 Å². The van der Waals surface area contributed by atoms with Crippen molar-refractivity contribution in [3.05, 3.63) is 70.6 Å². The van der Waals surface area contributed by atoms with Gasteiger partial charge in [0.05, 0.1) is 29.1 Å². The fourth-order valence-electron chi connectivity index (χ4n) is 4.22. The lowest BCUT2D eigenvalue weighted by Gasteiger charge is -2.29. The van der Waals surface area contributed by atoms with Crippen LogP contribution in [0.2, 0.25) is 0 Å². The van der Waals surface area contributed by atoms with Gasteiger partial charge in [-0.25, -0.2) is 0 Å². The number of rotatable bonds is 6. The van der Waals surface area contributed by atoms with Gasteiger partial charge in [-0.15, -0.1) is 0 Å². The molecule has 2 aliphatic rings. The number of nitrogens with one attached hydrogen (secondary N) is 1. The molecule has 0 radical (unpaired) electrons. The van der Waals surface area contributed by atoms with E-state index in [0.717, 1.165) is 10.5 Å². The summed E-state index contributed by atoms with van der Waals surface area (Å²) in [5, 5.41) is 6.71. The summed E-state index contributed by atoms with van der Waals surface area (Å²) in [5.74, 6) is -0.273. The average molecular weight is 474 g/mol. The lowest BCUT2D eigenvalue weighted by atomic mass is 10.1. The van der Waals surface area contributed by atoms with Gasteiger partial charge in [-0.3, -0.25) is 24.1 Å². The number of hydrogen-bond acceptors (Lipinski definition) is 7. The average Bonchev–Trinajstić information content (AvgIpc) is 3.29. The van der Waals surface area contributed by atoms with Gasteiger partial charge in [-0.2, -0.15) is 0 Å². The number of amides is 4. The molecule has 0 fully saturated rings. The van der Waals surface area contributed by atoms with Gasteiger partial charge in [0.1, 0.15) is 11.5 Å². The van der Waals surface area contributed by atoms with Gasteiger partial charge < -0.3 is 19.5 Å². The van der Waals surface area contributed by atoms with Crippen LogP contribution in [0.25, 0.3) is 0 Å². The fraction of sp³-hybridized carbons (Fsp3) is 0.240. The highest BCUT2D eigenvalue weighted by molar-refractivity contribution is 6.21. The van der Waals surface area contributed by atoms with Gasteiger partial charge in [0.25, 0.3) is 17.7 Å². The van der Waals surface area contributed by atoms with Crippen LogP contribution in [0.15, 0.2) is 47.0 Å². The van der Waals surface area contributed by atoms with Crippen molar-refractivity contribution in [2.75, 3.05) is 23.4 Å². The standard InChI is InChI=1S/C25H22N4O6/c1-14-19(15(2)35-27-14)12-29-20-11-16(7-8-21(20)34-13-23(29)31)26-22(30)9-10-28-24(32)17-5-3-4-6-18(17)25(28)33/h3-8,11H,9-10,12-13H2,1-2H3,(H,26,30). The Hall–Kier alpha value is -4.47. The van der Waals surface area contributed by atoms with Crippen LogP contribution in [0.3, 0.4) is 0 Å². The van der Waals surface area contributed by atoms with Gasteiger partial charge in [0.15, 0.2) is 6.61 Å². The number of carbonyl (C=O) groups excluding carboxylic acids is 4. The molecule has 10 heteroatoms. The second-order valence-electron chi connectivity index (χ2n) is 8.36. The number of benzene rings is 2. The molecule has 4 amide bonds. The SMILES string of the molecule is Cc1noc(C)c1CN1C(=O)COc2ccc(NC(=O)CCN3C(=O)c4ccccc4C3=O)cc21. The highest BCUT2D eigenvalue weighted by atomic mass is 16.5. The molecule has 178 valence electrons. The number of nitrogens with zero attached hydrogens (tertiary/aromatic N) is 3. The van der Waals surface area contributed by atoms with Crippen LogP contribution < -0.4 is 15.0 Å². The molecule has 0 saturated heterocycles. The summed E-state index contributed by atoms with van der Waals surface area (Å²) in [7, 11) is 0. The first-order valence-corrected chi connectivity index (χ1v) is 11.1. The van der Waals surface area contributed by atoms with Gasteiger partial charge >= 0.3 is 0 Å². The molecule has 5 rings (SSSR count). The summed E-state index contributed by atoms with van der Waals surface area (Å²) >= 11 is 0. The lowest BCUT2D eigenvalue weighted by Crippen LogP contribution is -2.38. The quantitative estimate of drug-likeness (QED) is 0.545. The van der Waals surface area contributed by atoms with E-state index in [2.05, 4.69) is 10.5 Å². The van der Waals surface area contributed by atoms with E-state index < -0.39 is 11.8 Å². The van der Waals surface area contributed by atoms with E-state index in [1.165, 1.54) is 0 Å². The number of aryl methyl sites for hydroxylation is 2. The van der Waals surface area contributed by atoms with Gasteiger partial charge in [-0.05, 0) is 44.2 Å². The molecule has 35 heavy (non-hydrogen) atoms. The van der Waals surface area contributed by atoms with E-state index in [1.54, 1.807) is 54.3 Å². The second-order valence-corrected chi connectivity index (χ2v) is 8.36. The number of imide groups is 1. The lowest BCUT2D eigenvalue weighted by molar-refractivity contribution is -0.121. The highest BCUT2D eigenvalue weighted by Crippen LogP contribution is 2.36. The maximum Gasteiger partial charge on any atom is 0.265 e. The fourth-order valence-corrected chi connectivity index (χ4v) is 4.22. The van der Waals surface area contributed by atoms with E-state index in [9.17, 15) is 19.2 Å². The van der Waals surface area contributed by atoms with Crippen LogP contribution in [-0.4, -0.2) is 46.8 Å². The van der Waals surface area contributed by atoms with Crippen molar-refractivity contribution < 1.29 is 28.4 Å². The zero-order valence-electron chi connectivity index (χ0n) is 19.2. The number of carbonyl (C=O) groups is 4. The van der Waals surface area contributed by atoms with E-state index in [0.29, 0.717) is 39.7 Å². The summed E-state index contributed by atoms with van der Waals surface area (Å²) in [6.07, 6.45) is -0.0687. The summed E-state index contributed by atoms with van der Waals surface area (Å²) in [4.78, 5) is 52.9. The largest absolute Gasteiger partial charge is 0.482 e. The number of hydrogen-bond donors (Lipinski definition) is 1. The molecule has 0 spiro atoms. The highest BCUT2D eigenvalue weighted by Gasteiger charge is 2.35. The Balaban J connectivity index is 1.28. The Bertz CT molecular complexity index is 1320. The molecule has 2 aliphatic heterocycles. The Kier molecular flexibility index (Phi) is 5.56. The van der Waals surface area contributed by atoms with Crippen LogP contribution in [0.4, 0.5) is 11.4 Å². The summed E-state index contributed by atoms with van der Waals surface area (Å²) in [6.45, 7) is 3.72. The van der Waals surface area contributed by atoms with E-state index >= 15 is 0 Å². The van der Waals surface area contributed by atoms with Crippen molar-refractivity contribution >= 4 is 35.0 Å². The molecule has 0 aliphatic carbocycles. The maximum absolute atomic E-state index is 12.6. The molecule has 1 aromatic heterocycles. The molecular formula is C25H22N4O6. The topological polar surface area (TPSA) is 122 Å². The molecule has 2 aromatic carbocycles. The van der Waals surface area contributed by atoms with E-state index in [-0.39, 0.29) is 37.9 Å². The molecule has 0 atom stereocenters. The Labute approximate surface area is 200 Å². The first kappa shape index (κ1) is 22.3. The summed E-state index contributed by atoms with van der Waals surface area (Å²) < 4.78 is 10.8. The molecule has 0 bridgehead atoms. The third kappa shape index (κ3) is 4.03. The molecular weight excluding hydrogens is 452 g/mol. The second kappa shape index (κ2) is 8.71. The van der Waals surface area contributed by atoms with Crippen LogP contribution in [0.1, 0.15) is 44.2 Å². The van der Waals surface area contributed by atoms with Gasteiger partial charge in [-0.1, -0.05) is 17.3 Å². The maximum atomic E-state index is 12.6. The number of ether oxygens (including phenoxy) is 1. The molecule has 10 nitrogen and oxygen atoms in total. The minimum atomic E-state index is -0.405. The Morgan fingerprint density at radius 1 is 1.03 bits per heavy atom. The predicted octanol–water partition coefficient (Wildman–Crippen LogP) is 2.84. The summed E-state index contributed by atoms with van der Waals surface area (Å²) in [6, 6.07) is 11.6. The van der Waals surface area contributed by atoms with Crippen LogP contribution in [0, 0.1) is 13.8 Å². The van der Waals surface area contributed by atoms with Crippen molar-refractivity contribution in [2.24, 2.45) is 0 Å². The molecule has 1 N–H and O–H groups in total. The first-order chi connectivity index (χ1) is 16.8. The smallest absolute Gasteiger partial charge is 0.265 e. The number of aromatic nitrogens is 1. The predicted molar refractivity (Wildman–Crippen MR) is 124 cm³/mol. The molecule has 0 unspecified atom stereocenters. The summed E-state index contributed by atoms with van der Waals surface area (Å²) in [5.41, 5.74) is 3.16. The van der Waals surface area contributed by atoms with Crippen LogP contribution in [0.5, 0.6) is 5.75 Å². The van der Waals surface area contributed by atoms with Crippen molar-refractivity contribution in [3.8, 4) is 5.75 Å². The van der Waals surface area contributed by atoms with Crippen molar-refractivity contribution in [3.63, 3.8) is 0 Å². The van der Waals surface area contributed by atoms with Gasteiger partial charge in [0.2, 0.25) is 5.91 Å². The molecule has 3 aromatic rings. The normalized spacial score (nSPS) is 14.6. The zero-order chi connectivity index (χ0) is 24.7. The first-order valence-electron chi connectivity index (χ1n) is 11.1. The Morgan fingerprint density at radius 2 is 1.74 bits per heavy atom. The zero-order valence-corrected chi connectivity index (χ0v) is 19.2.